The van der Waals surface area contributed by atoms with Crippen LogP contribution in [0.15, 0.2) is 0 Å². The van der Waals surface area contributed by atoms with Crippen LogP contribution in [0.2, 0.25) is 0 Å². The molecule has 3 N–H and O–H groups in total. The Labute approximate surface area is 130 Å². The van der Waals surface area contributed by atoms with Gasteiger partial charge >= 0.3 is 0 Å². The molecule has 1 saturated carbocycles. The van der Waals surface area contributed by atoms with Gasteiger partial charge in [-0.3, -0.25) is 9.69 Å². The van der Waals surface area contributed by atoms with Gasteiger partial charge in [0.1, 0.15) is 5.54 Å². The zero-order valence-corrected chi connectivity index (χ0v) is 14.5. The van der Waals surface area contributed by atoms with Gasteiger partial charge in [-0.2, -0.15) is 0 Å². The van der Waals surface area contributed by atoms with Crippen LogP contribution in [0.4, 0.5) is 0 Å². The Morgan fingerprint density at radius 1 is 1.38 bits per heavy atom. The Kier molecular flexibility index (Phi) is 7.10. The van der Waals surface area contributed by atoms with Crippen LogP contribution in [0.25, 0.3) is 0 Å². The first kappa shape index (κ1) is 18.4. The van der Waals surface area contributed by atoms with Gasteiger partial charge in [-0.15, -0.1) is 0 Å². The summed E-state index contributed by atoms with van der Waals surface area (Å²) >= 11 is 0. The summed E-state index contributed by atoms with van der Waals surface area (Å²) in [5.41, 5.74) is 5.27. The fourth-order valence-corrected chi connectivity index (χ4v) is 3.16. The van der Waals surface area contributed by atoms with E-state index in [-0.39, 0.29) is 5.91 Å². The molecule has 2 unspecified atom stereocenters. The molecule has 0 radical (unpaired) electrons. The van der Waals surface area contributed by atoms with E-state index in [1.165, 1.54) is 0 Å². The SMILES string of the molecule is CCCNC(CN(CC)C(C)CN(C)C)(C(N)=O)C1CC1. The number of rotatable bonds is 11. The molecule has 21 heavy (non-hydrogen) atoms. The average molecular weight is 298 g/mol. The normalized spacial score (nSPS) is 19.8. The molecule has 1 aliphatic rings. The Balaban J connectivity index is 2.84. The molecule has 124 valence electrons. The molecular formula is C16H34N4O. The van der Waals surface area contributed by atoms with E-state index < -0.39 is 5.54 Å². The highest BCUT2D eigenvalue weighted by Crippen LogP contribution is 2.40. The fraction of sp³-hybridized carbons (Fsp3) is 0.938. The topological polar surface area (TPSA) is 61.6 Å². The van der Waals surface area contributed by atoms with E-state index in [9.17, 15) is 4.79 Å². The fourth-order valence-electron chi connectivity index (χ4n) is 3.16. The smallest absolute Gasteiger partial charge is 0.239 e. The maximum absolute atomic E-state index is 12.2. The Morgan fingerprint density at radius 2 is 2.00 bits per heavy atom. The number of nitrogens with one attached hydrogen (secondary N) is 1. The molecule has 0 bridgehead atoms. The lowest BCUT2D eigenvalue weighted by atomic mass is 9.90. The van der Waals surface area contributed by atoms with Gasteiger partial charge in [-0.25, -0.2) is 0 Å². The maximum atomic E-state index is 12.2. The summed E-state index contributed by atoms with van der Waals surface area (Å²) in [5, 5.41) is 3.49. The van der Waals surface area contributed by atoms with Crippen molar-refractivity contribution in [2.45, 2.75) is 51.6 Å². The van der Waals surface area contributed by atoms with Crippen molar-refractivity contribution in [3.63, 3.8) is 0 Å². The third-order valence-corrected chi connectivity index (χ3v) is 4.52. The van der Waals surface area contributed by atoms with Crippen LogP contribution in [0.3, 0.4) is 0 Å². The highest BCUT2D eigenvalue weighted by Gasteiger charge is 2.50. The number of hydrogen-bond donors (Lipinski definition) is 2. The Morgan fingerprint density at radius 3 is 2.38 bits per heavy atom. The van der Waals surface area contributed by atoms with Crippen LogP contribution < -0.4 is 11.1 Å². The quantitative estimate of drug-likeness (QED) is 0.595. The molecule has 0 aromatic rings. The predicted molar refractivity (Wildman–Crippen MR) is 88.2 cm³/mol. The van der Waals surface area contributed by atoms with Crippen molar-refractivity contribution in [1.29, 1.82) is 0 Å². The number of nitrogens with zero attached hydrogens (tertiary/aromatic N) is 2. The van der Waals surface area contributed by atoms with Gasteiger partial charge in [0.2, 0.25) is 5.91 Å². The second-order valence-electron chi connectivity index (χ2n) is 6.71. The van der Waals surface area contributed by atoms with Crippen molar-refractivity contribution in [1.82, 2.24) is 15.1 Å². The van der Waals surface area contributed by atoms with Crippen molar-refractivity contribution in [2.75, 3.05) is 40.3 Å². The minimum atomic E-state index is -0.549. The van der Waals surface area contributed by atoms with Crippen molar-refractivity contribution >= 4 is 5.91 Å². The van der Waals surface area contributed by atoms with E-state index >= 15 is 0 Å². The molecular weight excluding hydrogens is 264 g/mol. The van der Waals surface area contributed by atoms with Crippen molar-refractivity contribution in [2.24, 2.45) is 11.7 Å². The van der Waals surface area contributed by atoms with Gasteiger partial charge in [0.05, 0.1) is 0 Å². The molecule has 0 aromatic heterocycles. The number of hydrogen-bond acceptors (Lipinski definition) is 4. The summed E-state index contributed by atoms with van der Waals surface area (Å²) in [4.78, 5) is 16.8. The molecule has 1 aliphatic carbocycles. The monoisotopic (exact) mass is 298 g/mol. The number of carbonyl (C=O) groups is 1. The third-order valence-electron chi connectivity index (χ3n) is 4.52. The van der Waals surface area contributed by atoms with Crippen LogP contribution in [-0.4, -0.2) is 67.6 Å². The highest BCUT2D eigenvalue weighted by molar-refractivity contribution is 5.86. The van der Waals surface area contributed by atoms with E-state index in [0.717, 1.165) is 45.4 Å². The molecule has 2 atom stereocenters. The highest BCUT2D eigenvalue weighted by atomic mass is 16.1. The maximum Gasteiger partial charge on any atom is 0.239 e. The summed E-state index contributed by atoms with van der Waals surface area (Å²) in [5.74, 6) is 0.219. The Bertz CT molecular complexity index is 330. The first-order valence-corrected chi connectivity index (χ1v) is 8.31. The van der Waals surface area contributed by atoms with E-state index in [4.69, 9.17) is 5.73 Å². The molecule has 0 spiro atoms. The number of amides is 1. The van der Waals surface area contributed by atoms with Gasteiger partial charge in [0, 0.05) is 19.1 Å². The number of likely N-dealkylation sites (N-methyl/N-ethyl adjacent to an activating group) is 2. The van der Waals surface area contributed by atoms with Crippen LogP contribution in [0.5, 0.6) is 0 Å². The van der Waals surface area contributed by atoms with E-state index in [1.54, 1.807) is 0 Å². The lowest BCUT2D eigenvalue weighted by Gasteiger charge is -2.40. The Hall–Kier alpha value is -0.650. The molecule has 1 rings (SSSR count). The third kappa shape index (κ3) is 4.94. The van der Waals surface area contributed by atoms with Crippen molar-refractivity contribution < 1.29 is 4.79 Å². The minimum Gasteiger partial charge on any atom is -0.368 e. The molecule has 1 fully saturated rings. The molecule has 0 heterocycles. The van der Waals surface area contributed by atoms with Crippen molar-refractivity contribution in [3.8, 4) is 0 Å². The molecule has 0 aromatic carbocycles. The minimum absolute atomic E-state index is 0.186. The van der Waals surface area contributed by atoms with Crippen LogP contribution in [0, 0.1) is 5.92 Å². The van der Waals surface area contributed by atoms with Crippen LogP contribution >= 0.6 is 0 Å². The van der Waals surface area contributed by atoms with Gasteiger partial charge in [0.25, 0.3) is 0 Å². The number of primary amides is 1. The molecule has 5 nitrogen and oxygen atoms in total. The zero-order valence-electron chi connectivity index (χ0n) is 14.5. The van der Waals surface area contributed by atoms with Crippen LogP contribution in [-0.2, 0) is 4.79 Å². The van der Waals surface area contributed by atoms with Gasteiger partial charge < -0.3 is 16.0 Å². The lowest BCUT2D eigenvalue weighted by Crippen LogP contribution is -2.64. The second kappa shape index (κ2) is 8.11. The first-order chi connectivity index (χ1) is 9.87. The molecule has 0 aliphatic heterocycles. The van der Waals surface area contributed by atoms with Gasteiger partial charge in [-0.05, 0) is 59.3 Å². The summed E-state index contributed by atoms with van der Waals surface area (Å²) in [7, 11) is 4.17. The standard InChI is InChI=1S/C16H34N4O/c1-6-10-18-16(15(17)21,14-8-9-14)12-20(7-2)13(3)11-19(4)5/h13-14,18H,6-12H2,1-5H3,(H2,17,21). The van der Waals surface area contributed by atoms with Gasteiger partial charge in [-0.1, -0.05) is 13.8 Å². The largest absolute Gasteiger partial charge is 0.368 e. The zero-order chi connectivity index (χ0) is 16.0. The average Bonchev–Trinajstić information content (AvgIpc) is 3.22. The summed E-state index contributed by atoms with van der Waals surface area (Å²) in [6, 6.07) is 0.408. The summed E-state index contributed by atoms with van der Waals surface area (Å²) < 4.78 is 0. The summed E-state index contributed by atoms with van der Waals surface area (Å²) in [6.45, 7) is 9.99. The van der Waals surface area contributed by atoms with Gasteiger partial charge in [0.15, 0.2) is 0 Å². The van der Waals surface area contributed by atoms with Crippen molar-refractivity contribution in [3.05, 3.63) is 0 Å². The van der Waals surface area contributed by atoms with E-state index in [0.29, 0.717) is 12.0 Å². The lowest BCUT2D eigenvalue weighted by molar-refractivity contribution is -0.126. The van der Waals surface area contributed by atoms with E-state index in [2.05, 4.69) is 50.0 Å². The summed E-state index contributed by atoms with van der Waals surface area (Å²) in [6.07, 6.45) is 3.24. The predicted octanol–water partition coefficient (Wildman–Crippen LogP) is 0.892. The number of carbonyl (C=O) groups excluding carboxylic acids is 1. The van der Waals surface area contributed by atoms with Crippen LogP contribution in [0.1, 0.15) is 40.0 Å². The first-order valence-electron chi connectivity index (χ1n) is 8.31. The molecule has 0 saturated heterocycles. The molecule has 1 amide bonds. The molecule has 5 heteroatoms. The van der Waals surface area contributed by atoms with E-state index in [1.807, 2.05) is 0 Å². The number of nitrogens with two attached hydrogens (primary N) is 1. The second-order valence-corrected chi connectivity index (χ2v) is 6.71.